The van der Waals surface area contributed by atoms with Crippen molar-refractivity contribution in [1.29, 1.82) is 0 Å². The van der Waals surface area contributed by atoms with Gasteiger partial charge in [-0.15, -0.1) is 0 Å². The van der Waals surface area contributed by atoms with Crippen LogP contribution in [0.15, 0.2) is 27.9 Å². The monoisotopic (exact) mass is 454 g/mol. The predicted octanol–water partition coefficient (Wildman–Crippen LogP) is 4.22. The van der Waals surface area contributed by atoms with Gasteiger partial charge >= 0.3 is 12.0 Å². The number of hydrogen-bond donors (Lipinski definition) is 2. The van der Waals surface area contributed by atoms with Crippen LogP contribution in [0.25, 0.3) is 0 Å². The highest BCUT2D eigenvalue weighted by molar-refractivity contribution is 9.10. The van der Waals surface area contributed by atoms with Crippen LogP contribution < -0.4 is 20.1 Å². The van der Waals surface area contributed by atoms with E-state index in [1.807, 2.05) is 19.9 Å². The molecule has 1 aromatic rings. The van der Waals surface area contributed by atoms with Crippen molar-refractivity contribution < 1.29 is 23.8 Å². The Balaban J connectivity index is 2.58. The van der Waals surface area contributed by atoms with Gasteiger partial charge in [-0.3, -0.25) is 0 Å². The van der Waals surface area contributed by atoms with E-state index in [0.717, 1.165) is 12.8 Å². The molecule has 1 aliphatic rings. The molecular weight excluding hydrogens is 428 g/mol. The molecule has 1 aliphatic heterocycles. The normalized spacial score (nSPS) is 16.3. The Morgan fingerprint density at radius 1 is 1.18 bits per heavy atom. The van der Waals surface area contributed by atoms with Crippen LogP contribution in [0.1, 0.15) is 51.6 Å². The summed E-state index contributed by atoms with van der Waals surface area (Å²) in [6.45, 7) is 6.76. The summed E-state index contributed by atoms with van der Waals surface area (Å²) >= 11 is 3.52. The van der Waals surface area contributed by atoms with E-state index in [4.69, 9.17) is 14.2 Å². The molecule has 0 fully saturated rings. The topological polar surface area (TPSA) is 85.9 Å². The van der Waals surface area contributed by atoms with Crippen molar-refractivity contribution in [2.75, 3.05) is 20.3 Å². The number of urea groups is 1. The maximum Gasteiger partial charge on any atom is 0.337 e. The van der Waals surface area contributed by atoms with Crippen LogP contribution in [0.3, 0.4) is 0 Å². The van der Waals surface area contributed by atoms with E-state index in [-0.39, 0.29) is 6.03 Å². The number of carbonyl (C=O) groups excluding carboxylic acids is 2. The molecule has 154 valence electrons. The second kappa shape index (κ2) is 10.4. The fourth-order valence-electron chi connectivity index (χ4n) is 3.07. The van der Waals surface area contributed by atoms with Crippen LogP contribution in [-0.2, 0) is 9.53 Å². The molecule has 0 saturated heterocycles. The van der Waals surface area contributed by atoms with Crippen molar-refractivity contribution in [3.05, 3.63) is 33.4 Å². The first-order valence-corrected chi connectivity index (χ1v) is 10.2. The summed E-state index contributed by atoms with van der Waals surface area (Å²) in [4.78, 5) is 24.8. The molecule has 7 nitrogen and oxygen atoms in total. The van der Waals surface area contributed by atoms with Gasteiger partial charge in [-0.25, -0.2) is 9.59 Å². The number of halogens is 1. The second-order valence-electron chi connectivity index (χ2n) is 6.21. The van der Waals surface area contributed by atoms with Gasteiger partial charge in [0.15, 0.2) is 11.5 Å². The molecule has 0 aliphatic carbocycles. The van der Waals surface area contributed by atoms with Gasteiger partial charge in [0, 0.05) is 5.70 Å². The third-order valence-electron chi connectivity index (χ3n) is 4.29. The zero-order valence-electron chi connectivity index (χ0n) is 16.7. The second-order valence-corrected chi connectivity index (χ2v) is 7.07. The van der Waals surface area contributed by atoms with E-state index in [2.05, 4.69) is 33.5 Å². The van der Waals surface area contributed by atoms with Crippen molar-refractivity contribution in [3.63, 3.8) is 0 Å². The highest BCUT2D eigenvalue weighted by Gasteiger charge is 2.34. The molecule has 28 heavy (non-hydrogen) atoms. The molecule has 0 radical (unpaired) electrons. The lowest BCUT2D eigenvalue weighted by Crippen LogP contribution is -2.45. The number of nitrogens with one attached hydrogen (secondary N) is 2. The number of unbranched alkanes of at least 4 members (excludes halogenated alkanes) is 1. The Hall–Kier alpha value is -2.22. The maximum absolute atomic E-state index is 12.6. The van der Waals surface area contributed by atoms with Gasteiger partial charge in [-0.05, 0) is 60.3 Å². The SMILES string of the molecule is CCCCC1=C(C(=O)OC)C(c2cc(Br)c(OCC)c(OCC)c2)NC(=O)N1. The highest BCUT2D eigenvalue weighted by Crippen LogP contribution is 2.40. The van der Waals surface area contributed by atoms with Gasteiger partial charge in [-0.2, -0.15) is 0 Å². The molecule has 1 unspecified atom stereocenters. The Morgan fingerprint density at radius 2 is 1.89 bits per heavy atom. The van der Waals surface area contributed by atoms with Gasteiger partial charge in [0.1, 0.15) is 0 Å². The standard InChI is InChI=1S/C20H27BrN2O5/c1-5-8-9-14-16(19(24)26-4)17(23-20(25)22-14)12-10-13(21)18(28-7-3)15(11-12)27-6-2/h10-11,17H,5-9H2,1-4H3,(H2,22,23,25). The minimum Gasteiger partial charge on any atom is -0.490 e. The minimum atomic E-state index is -0.653. The van der Waals surface area contributed by atoms with Crippen LogP contribution in [0.5, 0.6) is 11.5 Å². The Labute approximate surface area is 173 Å². The van der Waals surface area contributed by atoms with E-state index in [0.29, 0.717) is 52.4 Å². The number of allylic oxidation sites excluding steroid dienone is 1. The molecule has 1 heterocycles. The van der Waals surface area contributed by atoms with Gasteiger partial charge in [0.05, 0.1) is 36.4 Å². The molecule has 1 aromatic carbocycles. The van der Waals surface area contributed by atoms with Crippen LogP contribution in [0.2, 0.25) is 0 Å². The molecule has 1 atom stereocenters. The number of carbonyl (C=O) groups is 2. The predicted molar refractivity (Wildman–Crippen MR) is 109 cm³/mol. The molecule has 0 saturated carbocycles. The molecule has 0 bridgehead atoms. The van der Waals surface area contributed by atoms with Gasteiger partial charge in [-0.1, -0.05) is 13.3 Å². The Morgan fingerprint density at radius 3 is 2.50 bits per heavy atom. The van der Waals surface area contributed by atoms with Crippen molar-refractivity contribution in [3.8, 4) is 11.5 Å². The lowest BCUT2D eigenvalue weighted by molar-refractivity contribution is -0.136. The molecule has 0 aromatic heterocycles. The molecular formula is C20H27BrN2O5. The fourth-order valence-corrected chi connectivity index (χ4v) is 3.65. The van der Waals surface area contributed by atoms with Crippen molar-refractivity contribution >= 4 is 27.9 Å². The molecule has 2 rings (SSSR count). The summed E-state index contributed by atoms with van der Waals surface area (Å²) in [6, 6.07) is 2.60. The first-order valence-electron chi connectivity index (χ1n) is 9.44. The first kappa shape index (κ1) is 22.1. The van der Waals surface area contributed by atoms with E-state index >= 15 is 0 Å². The average Bonchev–Trinajstić information content (AvgIpc) is 2.67. The lowest BCUT2D eigenvalue weighted by atomic mass is 9.93. The quantitative estimate of drug-likeness (QED) is 0.545. The van der Waals surface area contributed by atoms with E-state index < -0.39 is 12.0 Å². The number of benzene rings is 1. The minimum absolute atomic E-state index is 0.355. The van der Waals surface area contributed by atoms with E-state index in [1.54, 1.807) is 6.07 Å². The maximum atomic E-state index is 12.6. The number of rotatable bonds is 9. The molecule has 8 heteroatoms. The van der Waals surface area contributed by atoms with E-state index in [9.17, 15) is 9.59 Å². The third-order valence-corrected chi connectivity index (χ3v) is 4.88. The van der Waals surface area contributed by atoms with Crippen molar-refractivity contribution in [2.45, 2.75) is 46.1 Å². The van der Waals surface area contributed by atoms with Gasteiger partial charge in [0.25, 0.3) is 0 Å². The summed E-state index contributed by atoms with van der Waals surface area (Å²) in [6.07, 6.45) is 2.37. The fraction of sp³-hybridized carbons (Fsp3) is 0.500. The zero-order valence-corrected chi connectivity index (χ0v) is 18.3. The smallest absolute Gasteiger partial charge is 0.337 e. The summed E-state index contributed by atoms with van der Waals surface area (Å²) in [5.41, 5.74) is 1.68. The number of methoxy groups -OCH3 is 1. The van der Waals surface area contributed by atoms with Crippen LogP contribution >= 0.6 is 15.9 Å². The molecule has 2 amide bonds. The number of esters is 1. The van der Waals surface area contributed by atoms with Crippen molar-refractivity contribution in [1.82, 2.24) is 10.6 Å². The van der Waals surface area contributed by atoms with Crippen LogP contribution in [0, 0.1) is 0 Å². The van der Waals surface area contributed by atoms with Gasteiger partial charge < -0.3 is 24.8 Å². The van der Waals surface area contributed by atoms with Crippen LogP contribution in [0.4, 0.5) is 4.79 Å². The third kappa shape index (κ3) is 4.98. The molecule has 0 spiro atoms. The number of hydrogen-bond acceptors (Lipinski definition) is 5. The summed E-state index contributed by atoms with van der Waals surface area (Å²) in [7, 11) is 1.33. The first-order chi connectivity index (χ1) is 13.5. The van der Waals surface area contributed by atoms with Crippen LogP contribution in [-0.4, -0.2) is 32.3 Å². The average molecular weight is 455 g/mol. The largest absolute Gasteiger partial charge is 0.490 e. The Kier molecular flexibility index (Phi) is 8.17. The Bertz CT molecular complexity index is 763. The number of ether oxygens (including phenoxy) is 3. The molecule has 2 N–H and O–H groups in total. The summed E-state index contributed by atoms with van der Waals surface area (Å²) < 4.78 is 17.1. The van der Waals surface area contributed by atoms with E-state index in [1.165, 1.54) is 7.11 Å². The van der Waals surface area contributed by atoms with Crippen molar-refractivity contribution in [2.24, 2.45) is 0 Å². The van der Waals surface area contributed by atoms with Gasteiger partial charge in [0.2, 0.25) is 0 Å². The summed E-state index contributed by atoms with van der Waals surface area (Å²) in [5, 5.41) is 5.59. The number of amides is 2. The zero-order chi connectivity index (χ0) is 20.7. The lowest BCUT2D eigenvalue weighted by Gasteiger charge is -2.30. The summed E-state index contributed by atoms with van der Waals surface area (Å²) in [5.74, 6) is 0.649. The highest BCUT2D eigenvalue weighted by atomic mass is 79.9.